The van der Waals surface area contributed by atoms with E-state index in [9.17, 15) is 23.1 Å². The first-order chi connectivity index (χ1) is 16.4. The number of carbonyl (C=O) groups excluding carboxylic acids is 2. The number of pyridine rings is 1. The molecule has 2 aromatic rings. The molecule has 1 aliphatic rings. The Balaban J connectivity index is 1.77. The fourth-order valence-electron chi connectivity index (χ4n) is 3.99. The third-order valence-corrected chi connectivity index (χ3v) is 7.57. The maximum absolute atomic E-state index is 13.0. The molecule has 0 aliphatic carbocycles. The lowest BCUT2D eigenvalue weighted by Gasteiger charge is -2.28. The summed E-state index contributed by atoms with van der Waals surface area (Å²) in [7, 11) is -3.34. The highest BCUT2D eigenvalue weighted by Crippen LogP contribution is 2.36. The summed E-state index contributed by atoms with van der Waals surface area (Å²) in [6.07, 6.45) is 1.68. The maximum atomic E-state index is 13.0. The van der Waals surface area contributed by atoms with Gasteiger partial charge in [0.1, 0.15) is 5.60 Å². The lowest BCUT2D eigenvalue weighted by Crippen LogP contribution is -2.35. The molecule has 0 unspecified atom stereocenters. The SMILES string of the molecule is CC[C@H]1c2ncc(C(=O)N[C@@H](CO)c3ccc(S(=O)(=O)CC)cc3)cc2CN1C(=O)OC(C)(C)C. The molecule has 2 amide bonds. The van der Waals surface area contributed by atoms with Crippen LogP contribution in [0, 0.1) is 0 Å². The lowest BCUT2D eigenvalue weighted by atomic mass is 10.1. The highest BCUT2D eigenvalue weighted by molar-refractivity contribution is 7.91. The van der Waals surface area contributed by atoms with Gasteiger partial charge < -0.3 is 15.2 Å². The molecule has 9 nitrogen and oxygen atoms in total. The van der Waals surface area contributed by atoms with Crippen molar-refractivity contribution in [2.45, 2.75) is 70.2 Å². The van der Waals surface area contributed by atoms with E-state index in [1.54, 1.807) is 30.0 Å². The summed E-state index contributed by atoms with van der Waals surface area (Å²) in [5.41, 5.74) is 1.76. The second-order valence-corrected chi connectivity index (χ2v) is 11.8. The molecule has 0 saturated carbocycles. The summed E-state index contributed by atoms with van der Waals surface area (Å²) in [6.45, 7) is 8.88. The van der Waals surface area contributed by atoms with E-state index in [1.807, 2.05) is 27.7 Å². The molecule has 10 heteroatoms. The van der Waals surface area contributed by atoms with Crippen LogP contribution in [0.1, 0.15) is 80.3 Å². The molecule has 1 aromatic carbocycles. The Hall–Kier alpha value is -2.98. The Kier molecular flexibility index (Phi) is 7.86. The van der Waals surface area contributed by atoms with E-state index < -0.39 is 33.5 Å². The average molecular weight is 504 g/mol. The fraction of sp³-hybridized carbons (Fsp3) is 0.480. The van der Waals surface area contributed by atoms with Gasteiger partial charge in [0, 0.05) is 6.20 Å². The van der Waals surface area contributed by atoms with Crippen LogP contribution in [0.4, 0.5) is 4.79 Å². The second-order valence-electron chi connectivity index (χ2n) is 9.48. The molecule has 1 aromatic heterocycles. The van der Waals surface area contributed by atoms with Crippen LogP contribution in [-0.4, -0.2) is 53.4 Å². The van der Waals surface area contributed by atoms with E-state index in [2.05, 4.69) is 10.3 Å². The number of hydrogen-bond acceptors (Lipinski definition) is 7. The molecule has 1 aliphatic heterocycles. The van der Waals surface area contributed by atoms with Crippen LogP contribution >= 0.6 is 0 Å². The molecule has 3 rings (SSSR count). The molecule has 190 valence electrons. The molecule has 0 radical (unpaired) electrons. The van der Waals surface area contributed by atoms with E-state index in [4.69, 9.17) is 4.74 Å². The number of ether oxygens (including phenoxy) is 1. The number of amides is 2. The van der Waals surface area contributed by atoms with E-state index in [0.717, 1.165) is 11.3 Å². The Labute approximate surface area is 206 Å². The van der Waals surface area contributed by atoms with E-state index in [-0.39, 0.29) is 29.8 Å². The van der Waals surface area contributed by atoms with Crippen molar-refractivity contribution >= 4 is 21.8 Å². The largest absolute Gasteiger partial charge is 0.444 e. The number of nitrogens with zero attached hydrogens (tertiary/aromatic N) is 2. The Bertz CT molecular complexity index is 1190. The number of aliphatic hydroxyl groups is 1. The molecular formula is C25H33N3O6S. The van der Waals surface area contributed by atoms with Gasteiger partial charge in [-0.3, -0.25) is 14.7 Å². The minimum atomic E-state index is -3.34. The minimum Gasteiger partial charge on any atom is -0.444 e. The number of aliphatic hydroxyl groups excluding tert-OH is 1. The van der Waals surface area contributed by atoms with Crippen molar-refractivity contribution in [2.75, 3.05) is 12.4 Å². The standard InChI is InChI=1S/C25H33N3O6S/c1-6-21-22-18(14-28(21)24(31)34-25(3,4)5)12-17(13-26-22)23(30)27-20(15-29)16-8-10-19(11-9-16)35(32,33)7-2/h8-13,20-21,29H,6-7,14-15H2,1-5H3,(H,27,30)/t20-,21-/m0/s1. The quantitative estimate of drug-likeness (QED) is 0.592. The van der Waals surface area contributed by atoms with E-state index >= 15 is 0 Å². The number of hydrogen-bond donors (Lipinski definition) is 2. The summed E-state index contributed by atoms with van der Waals surface area (Å²) in [6, 6.07) is 6.84. The summed E-state index contributed by atoms with van der Waals surface area (Å²) >= 11 is 0. The van der Waals surface area contributed by atoms with Crippen LogP contribution in [0.15, 0.2) is 41.4 Å². The maximum Gasteiger partial charge on any atom is 0.411 e. The van der Waals surface area contributed by atoms with Crippen molar-refractivity contribution in [1.82, 2.24) is 15.2 Å². The first-order valence-corrected chi connectivity index (χ1v) is 13.3. The van der Waals surface area contributed by atoms with Crippen LogP contribution < -0.4 is 5.32 Å². The molecule has 0 saturated heterocycles. The van der Waals surface area contributed by atoms with Crippen molar-refractivity contribution in [3.63, 3.8) is 0 Å². The van der Waals surface area contributed by atoms with Crippen LogP contribution in [0.5, 0.6) is 0 Å². The van der Waals surface area contributed by atoms with Gasteiger partial charge in [-0.05, 0) is 56.5 Å². The van der Waals surface area contributed by atoms with E-state index in [0.29, 0.717) is 17.5 Å². The first-order valence-electron chi connectivity index (χ1n) is 11.6. The van der Waals surface area contributed by atoms with Crippen molar-refractivity contribution in [1.29, 1.82) is 0 Å². The normalized spacial score (nSPS) is 16.5. The second kappa shape index (κ2) is 10.3. The van der Waals surface area contributed by atoms with Gasteiger partial charge in [0.15, 0.2) is 9.84 Å². The van der Waals surface area contributed by atoms with Gasteiger partial charge in [0.25, 0.3) is 5.91 Å². The zero-order valence-corrected chi connectivity index (χ0v) is 21.6. The number of carbonyl (C=O) groups is 2. The molecule has 35 heavy (non-hydrogen) atoms. The summed E-state index contributed by atoms with van der Waals surface area (Å²) < 4.78 is 29.6. The molecule has 2 N–H and O–H groups in total. The predicted octanol–water partition coefficient (Wildman–Crippen LogP) is 3.54. The number of rotatable bonds is 7. The first kappa shape index (κ1) is 26.6. The van der Waals surface area contributed by atoms with Gasteiger partial charge in [-0.2, -0.15) is 0 Å². The number of aromatic nitrogens is 1. The number of fused-ring (bicyclic) bond motifs is 1. The zero-order chi connectivity index (χ0) is 26.0. The van der Waals surface area contributed by atoms with Crippen molar-refractivity contribution in [3.05, 3.63) is 58.9 Å². The molecule has 0 spiro atoms. The molecule has 0 bridgehead atoms. The van der Waals surface area contributed by atoms with Gasteiger partial charge in [-0.1, -0.05) is 26.0 Å². The van der Waals surface area contributed by atoms with Crippen molar-refractivity contribution in [3.8, 4) is 0 Å². The lowest BCUT2D eigenvalue weighted by molar-refractivity contribution is 0.0166. The van der Waals surface area contributed by atoms with Gasteiger partial charge in [-0.15, -0.1) is 0 Å². The zero-order valence-electron chi connectivity index (χ0n) is 20.7. The van der Waals surface area contributed by atoms with Crippen LogP contribution in [0.2, 0.25) is 0 Å². The Morgan fingerprint density at radius 3 is 2.43 bits per heavy atom. The molecule has 2 heterocycles. The molecule has 0 fully saturated rings. The number of benzene rings is 1. The van der Waals surface area contributed by atoms with Crippen LogP contribution in [0.25, 0.3) is 0 Å². The predicted molar refractivity (Wildman–Crippen MR) is 131 cm³/mol. The summed E-state index contributed by atoms with van der Waals surface area (Å²) in [5, 5.41) is 12.6. The van der Waals surface area contributed by atoms with Gasteiger partial charge in [-0.25, -0.2) is 13.2 Å². The monoisotopic (exact) mass is 503 g/mol. The third kappa shape index (κ3) is 5.99. The van der Waals surface area contributed by atoms with Crippen LogP contribution in [-0.2, 0) is 21.1 Å². The summed E-state index contributed by atoms with van der Waals surface area (Å²) in [4.78, 5) is 31.9. The summed E-state index contributed by atoms with van der Waals surface area (Å²) in [5.74, 6) is -0.449. The Morgan fingerprint density at radius 2 is 1.89 bits per heavy atom. The van der Waals surface area contributed by atoms with Crippen LogP contribution in [0.3, 0.4) is 0 Å². The van der Waals surface area contributed by atoms with Crippen molar-refractivity contribution in [2.24, 2.45) is 0 Å². The topological polar surface area (TPSA) is 126 Å². The smallest absolute Gasteiger partial charge is 0.411 e. The highest BCUT2D eigenvalue weighted by atomic mass is 32.2. The number of nitrogens with one attached hydrogen (secondary N) is 1. The Morgan fingerprint density at radius 1 is 1.23 bits per heavy atom. The van der Waals surface area contributed by atoms with Gasteiger partial charge in [0.2, 0.25) is 0 Å². The fourth-order valence-corrected chi connectivity index (χ4v) is 4.87. The number of sulfone groups is 1. The van der Waals surface area contributed by atoms with Gasteiger partial charge in [0.05, 0.1) is 47.1 Å². The van der Waals surface area contributed by atoms with Crippen molar-refractivity contribution < 1.29 is 27.9 Å². The molecular weight excluding hydrogens is 470 g/mol. The minimum absolute atomic E-state index is 0.0118. The van der Waals surface area contributed by atoms with Gasteiger partial charge >= 0.3 is 6.09 Å². The third-order valence-electron chi connectivity index (χ3n) is 5.82. The average Bonchev–Trinajstić information content (AvgIpc) is 3.19. The van der Waals surface area contributed by atoms with E-state index in [1.165, 1.54) is 18.3 Å². The highest BCUT2D eigenvalue weighted by Gasteiger charge is 2.36. The molecule has 2 atom stereocenters.